The lowest BCUT2D eigenvalue weighted by Gasteiger charge is -2.36. The van der Waals surface area contributed by atoms with Gasteiger partial charge in [-0.25, -0.2) is 0 Å². The lowest BCUT2D eigenvalue weighted by Crippen LogP contribution is -2.47. The van der Waals surface area contributed by atoms with Gasteiger partial charge in [0, 0.05) is 51.9 Å². The number of carbonyl (C=O) groups excluding carboxylic acids is 1. The highest BCUT2D eigenvalue weighted by atomic mass is 16.5. The predicted octanol–water partition coefficient (Wildman–Crippen LogP) is 4.68. The Kier molecular flexibility index (Phi) is 11.4. The molecule has 7 nitrogen and oxygen atoms in total. The first kappa shape index (κ1) is 29.9. The fourth-order valence-corrected chi connectivity index (χ4v) is 4.92. The molecule has 7 heteroatoms. The van der Waals surface area contributed by atoms with Gasteiger partial charge in [0.05, 0.1) is 30.4 Å². The fraction of sp³-hybridized carbons (Fsp3) is 0.581. The number of likely N-dealkylation sites (N-methyl/N-ethyl adjacent to an activating group) is 1. The molecule has 38 heavy (non-hydrogen) atoms. The van der Waals surface area contributed by atoms with Crippen LogP contribution >= 0.6 is 0 Å². The van der Waals surface area contributed by atoms with Gasteiger partial charge in [-0.2, -0.15) is 0 Å². The summed E-state index contributed by atoms with van der Waals surface area (Å²) < 4.78 is 12.8. The van der Waals surface area contributed by atoms with Gasteiger partial charge in [0.1, 0.15) is 5.75 Å². The number of hydrogen-bond acceptors (Lipinski definition) is 6. The van der Waals surface area contributed by atoms with Crippen LogP contribution in [-0.4, -0.2) is 86.5 Å². The summed E-state index contributed by atoms with van der Waals surface area (Å²) in [5.74, 6) is 0.538. The number of aliphatic hydroxyl groups is 1. The third-order valence-corrected chi connectivity index (χ3v) is 7.34. The summed E-state index contributed by atoms with van der Waals surface area (Å²) in [7, 11) is 6.04. The van der Waals surface area contributed by atoms with Crippen LogP contribution < -0.4 is 9.64 Å². The lowest BCUT2D eigenvalue weighted by molar-refractivity contribution is -0.0177. The van der Waals surface area contributed by atoms with Gasteiger partial charge < -0.3 is 24.4 Å². The van der Waals surface area contributed by atoms with Gasteiger partial charge in [0.2, 0.25) is 0 Å². The highest BCUT2D eigenvalue weighted by Gasteiger charge is 2.30. The Morgan fingerprint density at radius 3 is 2.50 bits per heavy atom. The zero-order valence-corrected chi connectivity index (χ0v) is 24.1. The van der Waals surface area contributed by atoms with Crippen LogP contribution in [0.15, 0.2) is 48.5 Å². The van der Waals surface area contributed by atoms with Gasteiger partial charge in [0.15, 0.2) is 0 Å². The molecule has 0 bridgehead atoms. The van der Waals surface area contributed by atoms with Crippen molar-refractivity contribution in [2.75, 3.05) is 52.3 Å². The third-order valence-electron chi connectivity index (χ3n) is 7.34. The monoisotopic (exact) mass is 525 g/mol. The highest BCUT2D eigenvalue weighted by molar-refractivity contribution is 5.98. The molecule has 3 rings (SSSR count). The van der Waals surface area contributed by atoms with Crippen molar-refractivity contribution in [3.05, 3.63) is 59.7 Å². The molecule has 1 aliphatic heterocycles. The van der Waals surface area contributed by atoms with Gasteiger partial charge in [-0.15, -0.1) is 0 Å². The number of ether oxygens (including phenoxy) is 2. The van der Waals surface area contributed by atoms with E-state index >= 15 is 0 Å². The highest BCUT2D eigenvalue weighted by Crippen LogP contribution is 2.29. The minimum absolute atomic E-state index is 0.0230. The molecule has 2 aromatic rings. The van der Waals surface area contributed by atoms with E-state index in [1.807, 2.05) is 50.2 Å². The van der Waals surface area contributed by atoms with E-state index in [2.05, 4.69) is 50.1 Å². The van der Waals surface area contributed by atoms with Crippen molar-refractivity contribution in [2.24, 2.45) is 5.92 Å². The number of carbonyl (C=O) groups is 1. The minimum Gasteiger partial charge on any atom is -0.490 e. The number of anilines is 1. The summed E-state index contributed by atoms with van der Waals surface area (Å²) in [6, 6.07) is 15.9. The van der Waals surface area contributed by atoms with Gasteiger partial charge in [-0.05, 0) is 63.9 Å². The second-order valence-electron chi connectivity index (χ2n) is 11.1. The van der Waals surface area contributed by atoms with E-state index < -0.39 is 0 Å². The molecule has 0 aromatic heterocycles. The smallest absolute Gasteiger partial charge is 0.258 e. The summed E-state index contributed by atoms with van der Waals surface area (Å²) in [5, 5.41) is 10.1. The number of aliphatic hydroxyl groups excluding tert-OH is 1. The molecule has 0 fully saturated rings. The first-order valence-electron chi connectivity index (χ1n) is 13.9. The predicted molar refractivity (Wildman–Crippen MR) is 154 cm³/mol. The molecule has 210 valence electrons. The van der Waals surface area contributed by atoms with Crippen molar-refractivity contribution >= 4 is 11.6 Å². The summed E-state index contributed by atoms with van der Waals surface area (Å²) in [6.45, 7) is 8.72. The van der Waals surface area contributed by atoms with E-state index in [4.69, 9.17) is 9.47 Å². The molecule has 1 N–H and O–H groups in total. The molecule has 0 radical (unpaired) electrons. The molecule has 1 amide bonds. The third kappa shape index (κ3) is 8.45. The number of nitrogens with zero attached hydrogens (tertiary/aromatic N) is 3. The molecule has 0 saturated heterocycles. The van der Waals surface area contributed by atoms with Crippen molar-refractivity contribution in [3.8, 4) is 5.75 Å². The molecular weight excluding hydrogens is 478 g/mol. The second-order valence-corrected chi connectivity index (χ2v) is 11.1. The van der Waals surface area contributed by atoms with Crippen molar-refractivity contribution < 1.29 is 19.4 Å². The van der Waals surface area contributed by atoms with Crippen LogP contribution in [-0.2, 0) is 11.3 Å². The van der Waals surface area contributed by atoms with Gasteiger partial charge in [-0.3, -0.25) is 9.69 Å². The summed E-state index contributed by atoms with van der Waals surface area (Å²) in [4.78, 5) is 20.1. The summed E-state index contributed by atoms with van der Waals surface area (Å²) in [6.07, 6.45) is 2.77. The largest absolute Gasteiger partial charge is 0.490 e. The summed E-state index contributed by atoms with van der Waals surface area (Å²) >= 11 is 0. The maximum atomic E-state index is 14.1. The van der Waals surface area contributed by atoms with Crippen LogP contribution in [0.2, 0.25) is 0 Å². The Balaban J connectivity index is 1.90. The van der Waals surface area contributed by atoms with Crippen LogP contribution in [0.25, 0.3) is 0 Å². The van der Waals surface area contributed by atoms with Gasteiger partial charge >= 0.3 is 0 Å². The molecule has 0 aliphatic carbocycles. The van der Waals surface area contributed by atoms with E-state index in [9.17, 15) is 9.90 Å². The van der Waals surface area contributed by atoms with Crippen molar-refractivity contribution in [1.29, 1.82) is 0 Å². The molecule has 0 saturated carbocycles. The molecule has 2 aromatic carbocycles. The minimum atomic E-state index is -0.339. The normalized spacial score (nSPS) is 22.4. The first-order valence-corrected chi connectivity index (χ1v) is 13.9. The first-order chi connectivity index (χ1) is 18.2. The Labute approximate surface area is 229 Å². The van der Waals surface area contributed by atoms with Crippen molar-refractivity contribution in [3.63, 3.8) is 0 Å². The van der Waals surface area contributed by atoms with Crippen LogP contribution in [0.3, 0.4) is 0 Å². The Morgan fingerprint density at radius 2 is 1.82 bits per heavy atom. The average Bonchev–Trinajstić information content (AvgIpc) is 2.90. The number of hydrogen-bond donors (Lipinski definition) is 1. The van der Waals surface area contributed by atoms with E-state index in [1.165, 1.54) is 5.56 Å². The lowest BCUT2D eigenvalue weighted by atomic mass is 10.0. The molecule has 0 unspecified atom stereocenters. The quantitative estimate of drug-likeness (QED) is 0.566. The number of amides is 1. The van der Waals surface area contributed by atoms with Crippen LogP contribution in [0.5, 0.6) is 5.75 Å². The standard InChI is InChI=1S/C31H47N3O4/c1-23-19-34(24(2)22-35)31(36)28-18-27(32(4)5)15-16-29(28)38-25(3)12-10-11-17-37-30(23)21-33(6)20-26-13-8-7-9-14-26/h7-9,13-16,18,23-25,30,35H,10-12,17,19-22H2,1-6H3/t23-,24-,25-,30+/m0/s1. The maximum Gasteiger partial charge on any atom is 0.258 e. The molecule has 1 heterocycles. The maximum absolute atomic E-state index is 14.1. The molecule has 0 spiro atoms. The van der Waals surface area contributed by atoms with E-state index in [0.29, 0.717) is 24.5 Å². The van der Waals surface area contributed by atoms with Gasteiger partial charge in [-0.1, -0.05) is 37.3 Å². The Bertz CT molecular complexity index is 1000. The molecule has 4 atom stereocenters. The SMILES string of the molecule is C[C@H]1CCCCO[C@H](CN(C)Cc2ccccc2)[C@@H](C)CN([C@@H](C)CO)C(=O)c2cc(N(C)C)ccc2O1. The van der Waals surface area contributed by atoms with E-state index in [1.54, 1.807) is 4.90 Å². The van der Waals surface area contributed by atoms with Crippen molar-refractivity contribution in [2.45, 2.75) is 64.8 Å². The zero-order chi connectivity index (χ0) is 27.7. The Hall–Kier alpha value is -2.61. The average molecular weight is 526 g/mol. The van der Waals surface area contributed by atoms with Crippen LogP contribution in [0.4, 0.5) is 5.69 Å². The summed E-state index contributed by atoms with van der Waals surface area (Å²) in [5.41, 5.74) is 2.73. The van der Waals surface area contributed by atoms with Crippen LogP contribution in [0, 0.1) is 5.92 Å². The van der Waals surface area contributed by atoms with Crippen molar-refractivity contribution in [1.82, 2.24) is 9.80 Å². The van der Waals surface area contributed by atoms with Gasteiger partial charge in [0.25, 0.3) is 5.91 Å². The number of rotatable bonds is 7. The van der Waals surface area contributed by atoms with E-state index in [-0.39, 0.29) is 36.7 Å². The number of benzene rings is 2. The second kappa shape index (κ2) is 14.5. The molecular formula is C31H47N3O4. The molecule has 1 aliphatic rings. The van der Waals surface area contributed by atoms with E-state index in [0.717, 1.165) is 38.0 Å². The zero-order valence-electron chi connectivity index (χ0n) is 24.1. The fourth-order valence-electron chi connectivity index (χ4n) is 4.92. The Morgan fingerprint density at radius 1 is 1.08 bits per heavy atom. The number of fused-ring (bicyclic) bond motifs is 1. The van der Waals surface area contributed by atoms with Crippen LogP contribution in [0.1, 0.15) is 56.0 Å². The topological polar surface area (TPSA) is 65.5 Å².